The van der Waals surface area contributed by atoms with Gasteiger partial charge in [-0.1, -0.05) is 20.8 Å². The van der Waals surface area contributed by atoms with Gasteiger partial charge in [0.2, 0.25) is 5.91 Å². The van der Waals surface area contributed by atoms with E-state index in [2.05, 4.69) is 24.5 Å². The van der Waals surface area contributed by atoms with Gasteiger partial charge in [-0.2, -0.15) is 0 Å². The molecule has 1 amide bonds. The molecule has 0 rings (SSSR count). The SMILES string of the molecule is CNCC(C)C(=O)NCC(C)(C)CCCO. The highest BCUT2D eigenvalue weighted by Gasteiger charge is 2.20. The summed E-state index contributed by atoms with van der Waals surface area (Å²) >= 11 is 0. The van der Waals surface area contributed by atoms with Crippen molar-refractivity contribution in [2.45, 2.75) is 33.6 Å². The second-order valence-electron chi connectivity index (χ2n) is 5.17. The zero-order chi connectivity index (χ0) is 12.6. The number of hydrogen-bond acceptors (Lipinski definition) is 3. The van der Waals surface area contributed by atoms with Crippen molar-refractivity contribution in [1.82, 2.24) is 10.6 Å². The standard InChI is InChI=1S/C12H26N2O2/c1-10(8-13-4)11(16)14-9-12(2,3)6-5-7-15/h10,13,15H,5-9H2,1-4H3,(H,14,16). The van der Waals surface area contributed by atoms with Crippen molar-refractivity contribution >= 4 is 5.91 Å². The van der Waals surface area contributed by atoms with Gasteiger partial charge in [0.25, 0.3) is 0 Å². The summed E-state index contributed by atoms with van der Waals surface area (Å²) < 4.78 is 0. The van der Waals surface area contributed by atoms with Crippen LogP contribution in [-0.2, 0) is 4.79 Å². The van der Waals surface area contributed by atoms with Crippen molar-refractivity contribution in [3.63, 3.8) is 0 Å². The third-order valence-corrected chi connectivity index (χ3v) is 2.71. The molecule has 0 saturated heterocycles. The van der Waals surface area contributed by atoms with Crippen molar-refractivity contribution in [1.29, 1.82) is 0 Å². The molecule has 1 unspecified atom stereocenters. The molecule has 0 saturated carbocycles. The lowest BCUT2D eigenvalue weighted by molar-refractivity contribution is -0.124. The predicted octanol–water partition coefficient (Wildman–Crippen LogP) is 0.757. The lowest BCUT2D eigenvalue weighted by Gasteiger charge is -2.25. The van der Waals surface area contributed by atoms with E-state index >= 15 is 0 Å². The van der Waals surface area contributed by atoms with Crippen molar-refractivity contribution in [2.24, 2.45) is 11.3 Å². The van der Waals surface area contributed by atoms with E-state index in [1.807, 2.05) is 14.0 Å². The highest BCUT2D eigenvalue weighted by molar-refractivity contribution is 5.78. The first-order valence-corrected chi connectivity index (χ1v) is 5.96. The molecule has 4 nitrogen and oxygen atoms in total. The second kappa shape index (κ2) is 7.63. The molecule has 16 heavy (non-hydrogen) atoms. The third-order valence-electron chi connectivity index (χ3n) is 2.71. The maximum atomic E-state index is 11.7. The van der Waals surface area contributed by atoms with Gasteiger partial charge in [0, 0.05) is 25.6 Å². The van der Waals surface area contributed by atoms with Crippen LogP contribution in [0, 0.1) is 11.3 Å². The Balaban J connectivity index is 3.89. The quantitative estimate of drug-likeness (QED) is 0.577. The van der Waals surface area contributed by atoms with Crippen LogP contribution < -0.4 is 10.6 Å². The van der Waals surface area contributed by atoms with E-state index in [1.165, 1.54) is 0 Å². The molecule has 0 bridgehead atoms. The lowest BCUT2D eigenvalue weighted by atomic mass is 9.88. The number of aliphatic hydroxyl groups is 1. The molecular weight excluding hydrogens is 204 g/mol. The van der Waals surface area contributed by atoms with Crippen LogP contribution in [-0.4, -0.2) is 37.8 Å². The molecule has 0 fully saturated rings. The molecular formula is C12H26N2O2. The molecule has 0 spiro atoms. The van der Waals surface area contributed by atoms with Gasteiger partial charge in [0.15, 0.2) is 0 Å². The fraction of sp³-hybridized carbons (Fsp3) is 0.917. The smallest absolute Gasteiger partial charge is 0.224 e. The summed E-state index contributed by atoms with van der Waals surface area (Å²) in [6.45, 7) is 7.69. The fourth-order valence-corrected chi connectivity index (χ4v) is 1.55. The fourth-order valence-electron chi connectivity index (χ4n) is 1.55. The topological polar surface area (TPSA) is 61.4 Å². The lowest BCUT2D eigenvalue weighted by Crippen LogP contribution is -2.39. The van der Waals surface area contributed by atoms with Gasteiger partial charge < -0.3 is 15.7 Å². The molecule has 0 aliphatic rings. The molecule has 0 aliphatic carbocycles. The van der Waals surface area contributed by atoms with E-state index in [0.717, 1.165) is 12.8 Å². The summed E-state index contributed by atoms with van der Waals surface area (Å²) in [6.07, 6.45) is 1.71. The van der Waals surface area contributed by atoms with E-state index < -0.39 is 0 Å². The number of hydrogen-bond donors (Lipinski definition) is 3. The van der Waals surface area contributed by atoms with Crippen LogP contribution in [0.5, 0.6) is 0 Å². The summed E-state index contributed by atoms with van der Waals surface area (Å²) in [5.74, 6) is 0.0880. The molecule has 0 heterocycles. The van der Waals surface area contributed by atoms with Crippen LogP contribution in [0.2, 0.25) is 0 Å². The Bertz CT molecular complexity index is 205. The normalized spacial score (nSPS) is 13.6. The van der Waals surface area contributed by atoms with Crippen LogP contribution in [0.15, 0.2) is 0 Å². The van der Waals surface area contributed by atoms with Gasteiger partial charge in [0.05, 0.1) is 0 Å². The third kappa shape index (κ3) is 6.80. The van der Waals surface area contributed by atoms with E-state index in [1.54, 1.807) is 0 Å². The average Bonchev–Trinajstić information content (AvgIpc) is 2.23. The number of aliphatic hydroxyl groups excluding tert-OH is 1. The van der Waals surface area contributed by atoms with Crippen LogP contribution in [0.1, 0.15) is 33.6 Å². The maximum Gasteiger partial charge on any atom is 0.224 e. The predicted molar refractivity (Wildman–Crippen MR) is 66.2 cm³/mol. The van der Waals surface area contributed by atoms with E-state index in [0.29, 0.717) is 13.1 Å². The molecule has 4 heteroatoms. The largest absolute Gasteiger partial charge is 0.396 e. The second-order valence-corrected chi connectivity index (χ2v) is 5.17. The monoisotopic (exact) mass is 230 g/mol. The zero-order valence-corrected chi connectivity index (χ0v) is 11.0. The highest BCUT2D eigenvalue weighted by atomic mass is 16.2. The Labute approximate surface area is 98.8 Å². The molecule has 0 aromatic heterocycles. The van der Waals surface area contributed by atoms with Crippen molar-refractivity contribution in [3.05, 3.63) is 0 Å². The Morgan fingerprint density at radius 1 is 1.44 bits per heavy atom. The Kier molecular flexibility index (Phi) is 7.34. The van der Waals surface area contributed by atoms with Gasteiger partial charge in [-0.25, -0.2) is 0 Å². The first-order valence-electron chi connectivity index (χ1n) is 5.96. The van der Waals surface area contributed by atoms with Crippen molar-refractivity contribution in [2.75, 3.05) is 26.7 Å². The molecule has 1 atom stereocenters. The molecule has 0 aromatic carbocycles. The molecule has 3 N–H and O–H groups in total. The first kappa shape index (κ1) is 15.4. The van der Waals surface area contributed by atoms with Crippen LogP contribution in [0.4, 0.5) is 0 Å². The summed E-state index contributed by atoms with van der Waals surface area (Å²) in [6, 6.07) is 0. The number of carbonyl (C=O) groups excluding carboxylic acids is 1. The van der Waals surface area contributed by atoms with Gasteiger partial charge >= 0.3 is 0 Å². The minimum atomic E-state index is -0.00126. The average molecular weight is 230 g/mol. The summed E-state index contributed by atoms with van der Waals surface area (Å²) in [7, 11) is 1.84. The molecule has 96 valence electrons. The van der Waals surface area contributed by atoms with Gasteiger partial charge in [-0.3, -0.25) is 4.79 Å². The van der Waals surface area contributed by atoms with Gasteiger partial charge in [0.1, 0.15) is 0 Å². The highest BCUT2D eigenvalue weighted by Crippen LogP contribution is 2.20. The summed E-state index contributed by atoms with van der Waals surface area (Å²) in [5, 5.41) is 14.7. The maximum absolute atomic E-state index is 11.7. The number of nitrogens with one attached hydrogen (secondary N) is 2. The molecule has 0 aliphatic heterocycles. The molecule has 0 radical (unpaired) electrons. The van der Waals surface area contributed by atoms with Crippen LogP contribution in [0.3, 0.4) is 0 Å². The Hall–Kier alpha value is -0.610. The Morgan fingerprint density at radius 3 is 2.56 bits per heavy atom. The Morgan fingerprint density at radius 2 is 2.06 bits per heavy atom. The van der Waals surface area contributed by atoms with Crippen LogP contribution >= 0.6 is 0 Å². The number of rotatable bonds is 8. The van der Waals surface area contributed by atoms with Crippen molar-refractivity contribution < 1.29 is 9.90 Å². The van der Waals surface area contributed by atoms with E-state index in [4.69, 9.17) is 5.11 Å². The van der Waals surface area contributed by atoms with E-state index in [9.17, 15) is 4.79 Å². The first-order chi connectivity index (χ1) is 7.43. The number of amides is 1. The summed E-state index contributed by atoms with van der Waals surface area (Å²) in [4.78, 5) is 11.7. The number of carbonyl (C=O) groups is 1. The van der Waals surface area contributed by atoms with E-state index in [-0.39, 0.29) is 23.8 Å². The van der Waals surface area contributed by atoms with Crippen LogP contribution in [0.25, 0.3) is 0 Å². The van der Waals surface area contributed by atoms with Gasteiger partial charge in [-0.05, 0) is 25.3 Å². The zero-order valence-electron chi connectivity index (χ0n) is 11.0. The minimum absolute atomic E-state index is 0.00126. The summed E-state index contributed by atoms with van der Waals surface area (Å²) in [5.41, 5.74) is 0.0533. The van der Waals surface area contributed by atoms with Gasteiger partial charge in [-0.15, -0.1) is 0 Å². The minimum Gasteiger partial charge on any atom is -0.396 e. The molecule has 0 aromatic rings. The van der Waals surface area contributed by atoms with Crippen molar-refractivity contribution in [3.8, 4) is 0 Å².